The van der Waals surface area contributed by atoms with Gasteiger partial charge in [0.2, 0.25) is 10.0 Å². The molecule has 0 aliphatic rings. The van der Waals surface area contributed by atoms with Crippen LogP contribution in [-0.4, -0.2) is 41.4 Å². The standard InChI is InChI=1S/C21H20N4O3S/c1-14-4-8-16(9-5-14)25-12-18(19-20(25)22-13-23-21(19)26)15-6-10-17(11-7-15)29(27,28)24(2)3/h4-13H,1-3H3,(H,22,23,26). The van der Waals surface area contributed by atoms with E-state index in [0.717, 1.165) is 16.8 Å². The Bertz CT molecular complexity index is 1350. The van der Waals surface area contributed by atoms with Crippen LogP contribution in [0.25, 0.3) is 27.8 Å². The van der Waals surface area contributed by atoms with E-state index in [2.05, 4.69) is 9.97 Å². The number of aryl methyl sites for hydroxylation is 1. The maximum absolute atomic E-state index is 12.6. The van der Waals surface area contributed by atoms with Crippen molar-refractivity contribution in [1.82, 2.24) is 18.8 Å². The molecule has 0 radical (unpaired) electrons. The van der Waals surface area contributed by atoms with Crippen LogP contribution in [0, 0.1) is 6.92 Å². The van der Waals surface area contributed by atoms with Crippen molar-refractivity contribution in [1.29, 1.82) is 0 Å². The summed E-state index contributed by atoms with van der Waals surface area (Å²) in [4.78, 5) is 19.8. The number of aromatic amines is 1. The first-order valence-corrected chi connectivity index (χ1v) is 10.4. The molecule has 0 amide bonds. The van der Waals surface area contributed by atoms with Crippen LogP contribution in [0.5, 0.6) is 0 Å². The van der Waals surface area contributed by atoms with Gasteiger partial charge < -0.3 is 9.55 Å². The summed E-state index contributed by atoms with van der Waals surface area (Å²) in [6.45, 7) is 2.01. The lowest BCUT2D eigenvalue weighted by Crippen LogP contribution is -2.22. The number of benzene rings is 2. The number of fused-ring (bicyclic) bond motifs is 1. The molecule has 4 aromatic rings. The van der Waals surface area contributed by atoms with Gasteiger partial charge in [-0.3, -0.25) is 4.79 Å². The molecule has 0 aliphatic heterocycles. The van der Waals surface area contributed by atoms with E-state index in [9.17, 15) is 13.2 Å². The fraction of sp³-hybridized carbons (Fsp3) is 0.143. The van der Waals surface area contributed by atoms with Gasteiger partial charge in [-0.2, -0.15) is 0 Å². The number of rotatable bonds is 4. The van der Waals surface area contributed by atoms with E-state index in [1.807, 2.05) is 42.0 Å². The van der Waals surface area contributed by atoms with Crippen LogP contribution in [0.1, 0.15) is 5.56 Å². The molecule has 0 saturated heterocycles. The number of hydrogen-bond donors (Lipinski definition) is 1. The molecule has 29 heavy (non-hydrogen) atoms. The Balaban J connectivity index is 1.91. The quantitative estimate of drug-likeness (QED) is 0.562. The zero-order chi connectivity index (χ0) is 20.8. The van der Waals surface area contributed by atoms with Gasteiger partial charge in [-0.05, 0) is 36.8 Å². The zero-order valence-electron chi connectivity index (χ0n) is 16.2. The lowest BCUT2D eigenvalue weighted by Gasteiger charge is -2.11. The minimum atomic E-state index is -3.52. The molecule has 0 fully saturated rings. The Morgan fingerprint density at radius 2 is 1.66 bits per heavy atom. The second kappa shape index (κ2) is 6.98. The number of nitrogens with zero attached hydrogens (tertiary/aromatic N) is 3. The van der Waals surface area contributed by atoms with Crippen molar-refractivity contribution in [2.75, 3.05) is 14.1 Å². The lowest BCUT2D eigenvalue weighted by molar-refractivity contribution is 0.521. The number of H-pyrrole nitrogens is 1. The molecule has 2 aromatic carbocycles. The first-order valence-electron chi connectivity index (χ1n) is 8.98. The van der Waals surface area contributed by atoms with E-state index in [1.54, 1.807) is 24.3 Å². The molecule has 7 nitrogen and oxygen atoms in total. The number of sulfonamides is 1. The first-order chi connectivity index (χ1) is 13.8. The summed E-state index contributed by atoms with van der Waals surface area (Å²) >= 11 is 0. The van der Waals surface area contributed by atoms with Crippen LogP contribution >= 0.6 is 0 Å². The molecule has 0 unspecified atom stereocenters. The van der Waals surface area contributed by atoms with Gasteiger partial charge >= 0.3 is 0 Å². The lowest BCUT2D eigenvalue weighted by atomic mass is 10.1. The largest absolute Gasteiger partial charge is 0.312 e. The SMILES string of the molecule is Cc1ccc(-n2cc(-c3ccc(S(=O)(=O)N(C)C)cc3)c3c(=O)[nH]cnc32)cc1. The smallest absolute Gasteiger partial charge is 0.260 e. The highest BCUT2D eigenvalue weighted by Crippen LogP contribution is 2.30. The molecule has 0 aliphatic carbocycles. The van der Waals surface area contributed by atoms with Gasteiger partial charge in [-0.25, -0.2) is 17.7 Å². The Labute approximate surface area is 168 Å². The summed E-state index contributed by atoms with van der Waals surface area (Å²) in [5.74, 6) is 0. The van der Waals surface area contributed by atoms with Crippen molar-refractivity contribution in [3.8, 4) is 16.8 Å². The van der Waals surface area contributed by atoms with Crippen molar-refractivity contribution in [3.05, 3.63) is 77.0 Å². The zero-order valence-corrected chi connectivity index (χ0v) is 17.1. The Morgan fingerprint density at radius 1 is 1.00 bits per heavy atom. The molecule has 2 heterocycles. The van der Waals surface area contributed by atoms with Crippen LogP contribution in [0.3, 0.4) is 0 Å². The Kier molecular flexibility index (Phi) is 4.60. The highest BCUT2D eigenvalue weighted by atomic mass is 32.2. The minimum absolute atomic E-state index is 0.195. The molecule has 0 spiro atoms. The monoisotopic (exact) mass is 408 g/mol. The van der Waals surface area contributed by atoms with Crippen molar-refractivity contribution in [2.24, 2.45) is 0 Å². The first kappa shape index (κ1) is 19.1. The van der Waals surface area contributed by atoms with E-state index in [-0.39, 0.29) is 10.5 Å². The second-order valence-corrected chi connectivity index (χ2v) is 9.14. The molecule has 0 bridgehead atoms. The van der Waals surface area contributed by atoms with E-state index in [1.165, 1.54) is 24.7 Å². The van der Waals surface area contributed by atoms with E-state index < -0.39 is 10.0 Å². The predicted molar refractivity (Wildman–Crippen MR) is 113 cm³/mol. The number of hydrogen-bond acceptors (Lipinski definition) is 4. The fourth-order valence-corrected chi connectivity index (χ4v) is 4.11. The average Bonchev–Trinajstić information content (AvgIpc) is 3.09. The van der Waals surface area contributed by atoms with Gasteiger partial charge in [0.1, 0.15) is 0 Å². The van der Waals surface area contributed by atoms with Crippen molar-refractivity contribution < 1.29 is 8.42 Å². The summed E-state index contributed by atoms with van der Waals surface area (Å²) in [5, 5.41) is 0.455. The van der Waals surface area contributed by atoms with Gasteiger partial charge in [-0.1, -0.05) is 29.8 Å². The number of nitrogens with one attached hydrogen (secondary N) is 1. The minimum Gasteiger partial charge on any atom is -0.312 e. The third-order valence-electron chi connectivity index (χ3n) is 4.84. The summed E-state index contributed by atoms with van der Waals surface area (Å²) in [6.07, 6.45) is 3.24. The molecule has 148 valence electrons. The van der Waals surface area contributed by atoms with E-state index in [4.69, 9.17) is 0 Å². The molecule has 8 heteroatoms. The maximum Gasteiger partial charge on any atom is 0.260 e. The highest BCUT2D eigenvalue weighted by Gasteiger charge is 2.19. The average molecular weight is 408 g/mol. The Morgan fingerprint density at radius 3 is 2.28 bits per heavy atom. The van der Waals surface area contributed by atoms with Gasteiger partial charge in [0.15, 0.2) is 5.65 Å². The molecule has 1 N–H and O–H groups in total. The molecule has 0 saturated carbocycles. The Hall–Kier alpha value is -3.23. The topological polar surface area (TPSA) is 88.1 Å². The third kappa shape index (κ3) is 3.26. The number of aromatic nitrogens is 3. The molecule has 0 atom stereocenters. The van der Waals surface area contributed by atoms with Crippen molar-refractivity contribution >= 4 is 21.1 Å². The van der Waals surface area contributed by atoms with Gasteiger partial charge in [0.25, 0.3) is 5.56 Å². The normalized spacial score (nSPS) is 12.0. The fourth-order valence-electron chi connectivity index (χ4n) is 3.21. The van der Waals surface area contributed by atoms with Crippen molar-refractivity contribution in [2.45, 2.75) is 11.8 Å². The van der Waals surface area contributed by atoms with Gasteiger partial charge in [0.05, 0.1) is 16.6 Å². The summed E-state index contributed by atoms with van der Waals surface area (Å²) in [7, 11) is -0.541. The summed E-state index contributed by atoms with van der Waals surface area (Å²) < 4.78 is 27.7. The predicted octanol–water partition coefficient (Wildman–Crippen LogP) is 2.94. The van der Waals surface area contributed by atoms with Crippen LogP contribution in [0.15, 0.2) is 70.7 Å². The molecular formula is C21H20N4O3S. The van der Waals surface area contributed by atoms with Crippen LogP contribution in [-0.2, 0) is 10.0 Å². The highest BCUT2D eigenvalue weighted by molar-refractivity contribution is 7.89. The van der Waals surface area contributed by atoms with Crippen LogP contribution < -0.4 is 5.56 Å². The summed E-state index contributed by atoms with van der Waals surface area (Å²) in [6, 6.07) is 14.4. The van der Waals surface area contributed by atoms with Crippen LogP contribution in [0.2, 0.25) is 0 Å². The molecule has 4 rings (SSSR count). The van der Waals surface area contributed by atoms with Gasteiger partial charge in [0, 0.05) is 31.5 Å². The van der Waals surface area contributed by atoms with Crippen molar-refractivity contribution in [3.63, 3.8) is 0 Å². The van der Waals surface area contributed by atoms with Crippen LogP contribution in [0.4, 0.5) is 0 Å². The summed E-state index contributed by atoms with van der Waals surface area (Å²) in [5.41, 5.74) is 3.73. The third-order valence-corrected chi connectivity index (χ3v) is 6.67. The second-order valence-electron chi connectivity index (χ2n) is 6.99. The van der Waals surface area contributed by atoms with Gasteiger partial charge in [-0.15, -0.1) is 0 Å². The van der Waals surface area contributed by atoms with E-state index >= 15 is 0 Å². The van der Waals surface area contributed by atoms with E-state index in [0.29, 0.717) is 16.6 Å². The molecule has 2 aromatic heterocycles. The maximum atomic E-state index is 12.6. The molecular weight excluding hydrogens is 388 g/mol.